The van der Waals surface area contributed by atoms with Crippen molar-refractivity contribution in [2.75, 3.05) is 26.8 Å². The van der Waals surface area contributed by atoms with Gasteiger partial charge in [-0.15, -0.1) is 0 Å². The van der Waals surface area contributed by atoms with Crippen molar-refractivity contribution in [3.8, 4) is 11.5 Å². The maximum Gasteiger partial charge on any atom is 0.307 e. The van der Waals surface area contributed by atoms with Crippen LogP contribution in [-0.4, -0.2) is 42.8 Å². The zero-order valence-corrected chi connectivity index (χ0v) is 15.9. The predicted molar refractivity (Wildman–Crippen MR) is 94.2 cm³/mol. The third-order valence-corrected chi connectivity index (χ3v) is 3.87. The highest BCUT2D eigenvalue weighted by atomic mass is 79.9. The molecule has 0 amide bonds. The van der Waals surface area contributed by atoms with Crippen LogP contribution in [-0.2, 0) is 11.3 Å². The molecule has 0 spiro atoms. The minimum Gasteiger partial charge on any atom is -0.490 e. The fourth-order valence-electron chi connectivity index (χ4n) is 2.24. The van der Waals surface area contributed by atoms with Gasteiger partial charge in [-0.25, -0.2) is 0 Å². The van der Waals surface area contributed by atoms with Crippen LogP contribution in [0.15, 0.2) is 16.6 Å². The van der Waals surface area contributed by atoms with E-state index < -0.39 is 11.9 Å². The average molecular weight is 388 g/mol. The largest absolute Gasteiger partial charge is 0.490 e. The highest BCUT2D eigenvalue weighted by molar-refractivity contribution is 9.10. The van der Waals surface area contributed by atoms with Crippen LogP contribution in [0.2, 0.25) is 0 Å². The second-order valence-corrected chi connectivity index (χ2v) is 6.48. The summed E-state index contributed by atoms with van der Waals surface area (Å²) >= 11 is 3.54. The molecule has 5 nitrogen and oxygen atoms in total. The van der Waals surface area contributed by atoms with Gasteiger partial charge in [-0.1, -0.05) is 13.8 Å². The van der Waals surface area contributed by atoms with E-state index in [4.69, 9.17) is 14.6 Å². The van der Waals surface area contributed by atoms with Gasteiger partial charge in [0.05, 0.1) is 23.6 Å². The van der Waals surface area contributed by atoms with E-state index in [9.17, 15) is 4.79 Å². The number of ether oxygens (including phenoxy) is 2. The summed E-state index contributed by atoms with van der Waals surface area (Å²) in [6, 6.07) is 3.95. The fourth-order valence-corrected chi connectivity index (χ4v) is 2.85. The number of hydrogen-bond acceptors (Lipinski definition) is 4. The highest BCUT2D eigenvalue weighted by Crippen LogP contribution is 2.37. The van der Waals surface area contributed by atoms with Gasteiger partial charge < -0.3 is 19.5 Å². The van der Waals surface area contributed by atoms with Crippen molar-refractivity contribution < 1.29 is 19.4 Å². The van der Waals surface area contributed by atoms with Gasteiger partial charge in [0.1, 0.15) is 0 Å². The fraction of sp³-hybridized carbons (Fsp3) is 0.588. The monoisotopic (exact) mass is 387 g/mol. The van der Waals surface area contributed by atoms with Crippen molar-refractivity contribution in [1.82, 2.24) is 4.90 Å². The van der Waals surface area contributed by atoms with E-state index >= 15 is 0 Å². The van der Waals surface area contributed by atoms with Crippen molar-refractivity contribution in [3.05, 3.63) is 22.2 Å². The Hall–Kier alpha value is -1.27. The number of nitrogens with zero attached hydrogens (tertiary/aromatic N) is 1. The van der Waals surface area contributed by atoms with Crippen LogP contribution in [0.3, 0.4) is 0 Å². The normalized spacial score (nSPS) is 12.3. The lowest BCUT2D eigenvalue weighted by Crippen LogP contribution is -2.28. The maximum atomic E-state index is 11.0. The first-order chi connectivity index (χ1) is 10.9. The maximum absolute atomic E-state index is 11.0. The number of rotatable bonds is 10. The molecule has 1 aromatic rings. The molecular weight excluding hydrogens is 362 g/mol. The van der Waals surface area contributed by atoms with E-state index in [0.717, 1.165) is 22.2 Å². The Kier molecular flexibility index (Phi) is 8.41. The summed E-state index contributed by atoms with van der Waals surface area (Å²) in [5.41, 5.74) is 1.05. The Balaban J connectivity index is 2.89. The Morgan fingerprint density at radius 2 is 2.04 bits per heavy atom. The van der Waals surface area contributed by atoms with Crippen molar-refractivity contribution >= 4 is 21.9 Å². The molecule has 0 bridgehead atoms. The predicted octanol–water partition coefficient (Wildman–Crippen LogP) is 3.79. The summed E-state index contributed by atoms with van der Waals surface area (Å²) in [7, 11) is 1.91. The molecule has 0 saturated heterocycles. The van der Waals surface area contributed by atoms with E-state index in [1.165, 1.54) is 0 Å². The average Bonchev–Trinajstić information content (AvgIpc) is 2.46. The van der Waals surface area contributed by atoms with Gasteiger partial charge in [0.2, 0.25) is 0 Å². The molecule has 23 heavy (non-hydrogen) atoms. The van der Waals surface area contributed by atoms with Crippen molar-refractivity contribution in [3.63, 3.8) is 0 Å². The topological polar surface area (TPSA) is 59.0 Å². The minimum absolute atomic E-state index is 0.401. The lowest BCUT2D eigenvalue weighted by atomic mass is 10.1. The van der Waals surface area contributed by atoms with Crippen LogP contribution in [0.5, 0.6) is 11.5 Å². The summed E-state index contributed by atoms with van der Waals surface area (Å²) < 4.78 is 12.3. The molecule has 1 aromatic carbocycles. The molecule has 0 aliphatic heterocycles. The van der Waals surface area contributed by atoms with Gasteiger partial charge >= 0.3 is 5.97 Å². The van der Waals surface area contributed by atoms with Crippen molar-refractivity contribution in [2.45, 2.75) is 33.7 Å². The second kappa shape index (κ2) is 9.78. The first-order valence-electron chi connectivity index (χ1n) is 7.88. The number of hydrogen-bond donors (Lipinski definition) is 1. The summed E-state index contributed by atoms with van der Waals surface area (Å²) in [5, 5.41) is 9.00. The van der Waals surface area contributed by atoms with Gasteiger partial charge in [-0.2, -0.15) is 0 Å². The SMILES string of the molecule is CCCOc1c(Br)cc(CN(C)CC(C)C(=O)O)cc1OCC. The van der Waals surface area contributed by atoms with Crippen molar-refractivity contribution in [2.24, 2.45) is 5.92 Å². The first-order valence-corrected chi connectivity index (χ1v) is 8.67. The molecule has 1 rings (SSSR count). The third-order valence-electron chi connectivity index (χ3n) is 3.28. The Bertz CT molecular complexity index is 522. The number of aliphatic carboxylic acids is 1. The van der Waals surface area contributed by atoms with E-state index in [2.05, 4.69) is 22.9 Å². The molecule has 1 N–H and O–H groups in total. The molecule has 0 aliphatic rings. The number of halogens is 1. The number of carbonyl (C=O) groups is 1. The molecule has 6 heteroatoms. The van der Waals surface area contributed by atoms with Crippen LogP contribution in [0, 0.1) is 5.92 Å². The first kappa shape index (κ1) is 19.8. The lowest BCUT2D eigenvalue weighted by Gasteiger charge is -2.21. The van der Waals surface area contributed by atoms with E-state index in [-0.39, 0.29) is 0 Å². The van der Waals surface area contributed by atoms with Gasteiger partial charge in [0.25, 0.3) is 0 Å². The van der Waals surface area contributed by atoms with Crippen molar-refractivity contribution in [1.29, 1.82) is 0 Å². The Morgan fingerprint density at radius 3 is 2.61 bits per heavy atom. The third kappa shape index (κ3) is 6.39. The zero-order chi connectivity index (χ0) is 17.4. The molecule has 0 aromatic heterocycles. The number of carboxylic acids is 1. The van der Waals surface area contributed by atoms with E-state index in [1.54, 1.807) is 6.92 Å². The molecule has 1 unspecified atom stereocenters. The molecule has 1 atom stereocenters. The summed E-state index contributed by atoms with van der Waals surface area (Å²) in [4.78, 5) is 12.9. The molecule has 0 fully saturated rings. The molecule has 130 valence electrons. The molecule has 0 heterocycles. The molecule has 0 saturated carbocycles. The van der Waals surface area contributed by atoms with E-state index in [1.807, 2.05) is 31.0 Å². The van der Waals surface area contributed by atoms with Gasteiger partial charge in [-0.3, -0.25) is 4.79 Å². The zero-order valence-electron chi connectivity index (χ0n) is 14.3. The van der Waals surface area contributed by atoms with Gasteiger partial charge in [0, 0.05) is 13.1 Å². The summed E-state index contributed by atoms with van der Waals surface area (Å²) in [6.45, 7) is 8.03. The Morgan fingerprint density at radius 1 is 1.35 bits per heavy atom. The summed E-state index contributed by atoms with van der Waals surface area (Å²) in [5.74, 6) is 0.252. The lowest BCUT2D eigenvalue weighted by molar-refractivity contribution is -0.141. The highest BCUT2D eigenvalue weighted by Gasteiger charge is 2.16. The van der Waals surface area contributed by atoms with E-state index in [0.29, 0.717) is 32.1 Å². The number of benzene rings is 1. The van der Waals surface area contributed by atoms with Crippen LogP contribution in [0.1, 0.15) is 32.8 Å². The van der Waals surface area contributed by atoms with Crippen LogP contribution in [0.25, 0.3) is 0 Å². The molecule has 0 aliphatic carbocycles. The molecular formula is C17H26BrNO4. The summed E-state index contributed by atoms with van der Waals surface area (Å²) in [6.07, 6.45) is 0.926. The Labute approximate surface area is 146 Å². The second-order valence-electron chi connectivity index (χ2n) is 5.62. The van der Waals surface area contributed by atoms with Gasteiger partial charge in [-0.05, 0) is 54.0 Å². The van der Waals surface area contributed by atoms with Gasteiger partial charge in [0.15, 0.2) is 11.5 Å². The van der Waals surface area contributed by atoms with Crippen LogP contribution >= 0.6 is 15.9 Å². The standard InChI is InChI=1S/C17H26BrNO4/c1-5-7-23-16-14(18)8-13(9-15(16)22-6-2)11-19(4)10-12(3)17(20)21/h8-9,12H,5-7,10-11H2,1-4H3,(H,20,21). The smallest absolute Gasteiger partial charge is 0.307 e. The quantitative estimate of drug-likeness (QED) is 0.661. The number of carboxylic acid groups (broad SMARTS) is 1. The van der Waals surface area contributed by atoms with Crippen LogP contribution < -0.4 is 9.47 Å². The minimum atomic E-state index is -0.781. The molecule has 0 radical (unpaired) electrons. The van der Waals surface area contributed by atoms with Crippen LogP contribution in [0.4, 0.5) is 0 Å².